The van der Waals surface area contributed by atoms with Gasteiger partial charge in [0.1, 0.15) is 5.82 Å². The first-order valence-corrected chi connectivity index (χ1v) is 6.37. The lowest BCUT2D eigenvalue weighted by Crippen LogP contribution is -2.11. The maximum Gasteiger partial charge on any atom is 0.147 e. The Labute approximate surface area is 97.2 Å². The summed E-state index contributed by atoms with van der Waals surface area (Å²) in [6.07, 6.45) is 0.111. The predicted octanol–water partition coefficient (Wildman–Crippen LogP) is 1.94. The minimum absolute atomic E-state index is 0.0687. The summed E-state index contributed by atoms with van der Waals surface area (Å²) in [5.74, 6) is -0.169. The number of halogens is 1. The van der Waals surface area contributed by atoms with Gasteiger partial charge in [0.15, 0.2) is 0 Å². The van der Waals surface area contributed by atoms with E-state index in [0.29, 0.717) is 17.3 Å². The van der Waals surface area contributed by atoms with Crippen LogP contribution in [0.25, 0.3) is 0 Å². The molecule has 0 aliphatic heterocycles. The molecule has 0 aliphatic rings. The summed E-state index contributed by atoms with van der Waals surface area (Å²) in [6.45, 7) is 4.22. The monoisotopic (exact) mass is 245 g/mol. The first kappa shape index (κ1) is 13.1. The van der Waals surface area contributed by atoms with Gasteiger partial charge in [0.05, 0.1) is 35.0 Å². The van der Waals surface area contributed by atoms with Gasteiger partial charge in [-0.2, -0.15) is 0 Å². The highest BCUT2D eigenvalue weighted by atomic mass is 32.2. The Kier molecular flexibility index (Phi) is 4.89. The van der Waals surface area contributed by atoms with Gasteiger partial charge in [0, 0.05) is 4.90 Å². The summed E-state index contributed by atoms with van der Waals surface area (Å²) in [7, 11) is -1.24. The van der Waals surface area contributed by atoms with E-state index >= 15 is 0 Å². The third-order valence-electron chi connectivity index (χ3n) is 1.95. The zero-order valence-electron chi connectivity index (χ0n) is 9.40. The van der Waals surface area contributed by atoms with Crippen LogP contribution in [0.15, 0.2) is 23.1 Å². The van der Waals surface area contributed by atoms with Gasteiger partial charge in [-0.1, -0.05) is 0 Å². The molecular weight excluding hydrogens is 229 g/mol. The maximum absolute atomic E-state index is 13.1. The fraction of sp³-hybridized carbons (Fsp3) is 0.455. The fourth-order valence-electron chi connectivity index (χ4n) is 1.13. The Balaban J connectivity index is 2.56. The highest BCUT2D eigenvalue weighted by Crippen LogP contribution is 2.15. The predicted molar refractivity (Wildman–Crippen MR) is 63.2 cm³/mol. The van der Waals surface area contributed by atoms with E-state index in [0.717, 1.165) is 0 Å². The van der Waals surface area contributed by atoms with E-state index in [1.807, 2.05) is 13.8 Å². The van der Waals surface area contributed by atoms with Crippen LogP contribution >= 0.6 is 0 Å². The van der Waals surface area contributed by atoms with E-state index in [9.17, 15) is 8.60 Å². The second-order valence-corrected chi connectivity index (χ2v) is 5.22. The van der Waals surface area contributed by atoms with Crippen LogP contribution in [0.1, 0.15) is 13.8 Å². The summed E-state index contributed by atoms with van der Waals surface area (Å²) in [5, 5.41) is 0. The summed E-state index contributed by atoms with van der Waals surface area (Å²) in [6, 6.07) is 4.20. The molecule has 16 heavy (non-hydrogen) atoms. The van der Waals surface area contributed by atoms with E-state index in [-0.39, 0.29) is 11.8 Å². The van der Waals surface area contributed by atoms with Crippen molar-refractivity contribution in [2.45, 2.75) is 24.8 Å². The average Bonchev–Trinajstić information content (AvgIpc) is 2.21. The molecule has 1 aromatic carbocycles. The molecule has 0 saturated carbocycles. The Morgan fingerprint density at radius 3 is 2.75 bits per heavy atom. The molecule has 0 saturated heterocycles. The van der Waals surface area contributed by atoms with Gasteiger partial charge < -0.3 is 10.5 Å². The molecule has 90 valence electrons. The molecule has 3 nitrogen and oxygen atoms in total. The zero-order chi connectivity index (χ0) is 12.1. The highest BCUT2D eigenvalue weighted by molar-refractivity contribution is 7.85. The minimum Gasteiger partial charge on any atom is -0.396 e. The number of anilines is 1. The maximum atomic E-state index is 13.1. The standard InChI is InChI=1S/C11H16FNO2S/c1-8(2)15-5-6-16(14)9-3-4-11(13)10(12)7-9/h3-4,7-8H,5-6,13H2,1-2H3. The minimum atomic E-state index is -1.24. The molecular formula is C11H16FNO2S. The third-order valence-corrected chi connectivity index (χ3v) is 3.27. The number of nitrogen functional groups attached to an aromatic ring is 1. The van der Waals surface area contributed by atoms with Crippen LogP contribution in [0.5, 0.6) is 0 Å². The first-order valence-electron chi connectivity index (χ1n) is 5.05. The van der Waals surface area contributed by atoms with Gasteiger partial charge in [-0.25, -0.2) is 4.39 Å². The summed E-state index contributed by atoms with van der Waals surface area (Å²) < 4.78 is 30.1. The molecule has 1 unspecified atom stereocenters. The Morgan fingerprint density at radius 2 is 2.19 bits per heavy atom. The van der Waals surface area contributed by atoms with Crippen LogP contribution in [0.3, 0.4) is 0 Å². The van der Waals surface area contributed by atoms with Crippen molar-refractivity contribution < 1.29 is 13.3 Å². The van der Waals surface area contributed by atoms with E-state index in [4.69, 9.17) is 10.5 Å². The van der Waals surface area contributed by atoms with Crippen LogP contribution < -0.4 is 5.73 Å². The number of rotatable bonds is 5. The molecule has 0 radical (unpaired) electrons. The lowest BCUT2D eigenvalue weighted by atomic mass is 10.3. The molecule has 1 aromatic rings. The molecule has 0 bridgehead atoms. The molecule has 0 amide bonds. The van der Waals surface area contributed by atoms with Crippen LogP contribution in [0.2, 0.25) is 0 Å². The smallest absolute Gasteiger partial charge is 0.147 e. The van der Waals surface area contributed by atoms with E-state index < -0.39 is 16.6 Å². The molecule has 0 heterocycles. The Bertz CT molecular complexity index is 382. The number of nitrogens with two attached hydrogens (primary N) is 1. The van der Waals surface area contributed by atoms with Crippen molar-refractivity contribution in [2.24, 2.45) is 0 Å². The van der Waals surface area contributed by atoms with Crippen molar-refractivity contribution in [1.82, 2.24) is 0 Å². The Morgan fingerprint density at radius 1 is 1.50 bits per heavy atom. The van der Waals surface area contributed by atoms with Gasteiger partial charge in [-0.15, -0.1) is 0 Å². The van der Waals surface area contributed by atoms with Crippen LogP contribution in [0, 0.1) is 5.82 Å². The van der Waals surface area contributed by atoms with Crippen molar-refractivity contribution in [1.29, 1.82) is 0 Å². The molecule has 0 fully saturated rings. The second kappa shape index (κ2) is 5.96. The molecule has 0 spiro atoms. The highest BCUT2D eigenvalue weighted by Gasteiger charge is 2.07. The normalized spacial score (nSPS) is 13.0. The van der Waals surface area contributed by atoms with Crippen LogP contribution in [-0.2, 0) is 15.5 Å². The largest absolute Gasteiger partial charge is 0.396 e. The quantitative estimate of drug-likeness (QED) is 0.807. The van der Waals surface area contributed by atoms with E-state index in [1.165, 1.54) is 12.1 Å². The fourth-order valence-corrected chi connectivity index (χ4v) is 2.06. The molecule has 5 heteroatoms. The molecule has 0 aliphatic carbocycles. The molecule has 2 N–H and O–H groups in total. The first-order chi connectivity index (χ1) is 7.50. The zero-order valence-corrected chi connectivity index (χ0v) is 10.2. The lowest BCUT2D eigenvalue weighted by Gasteiger charge is -2.07. The number of hydrogen-bond acceptors (Lipinski definition) is 3. The van der Waals surface area contributed by atoms with Crippen molar-refractivity contribution in [2.75, 3.05) is 18.1 Å². The van der Waals surface area contributed by atoms with Gasteiger partial charge in [-0.05, 0) is 32.0 Å². The molecule has 1 atom stereocenters. The number of ether oxygens (including phenoxy) is 1. The number of hydrogen-bond donors (Lipinski definition) is 1. The van der Waals surface area contributed by atoms with Crippen LogP contribution in [-0.4, -0.2) is 22.7 Å². The van der Waals surface area contributed by atoms with Crippen molar-refractivity contribution in [3.63, 3.8) is 0 Å². The summed E-state index contributed by atoms with van der Waals surface area (Å²) in [5.41, 5.74) is 5.40. The summed E-state index contributed by atoms with van der Waals surface area (Å²) >= 11 is 0. The SMILES string of the molecule is CC(C)OCCS(=O)c1ccc(N)c(F)c1. The average molecular weight is 245 g/mol. The lowest BCUT2D eigenvalue weighted by molar-refractivity contribution is 0.0916. The number of benzene rings is 1. The van der Waals surface area contributed by atoms with Crippen molar-refractivity contribution in [3.05, 3.63) is 24.0 Å². The molecule has 0 aromatic heterocycles. The second-order valence-electron chi connectivity index (χ2n) is 3.65. The third kappa shape index (κ3) is 3.90. The molecule has 1 rings (SSSR count). The van der Waals surface area contributed by atoms with Crippen molar-refractivity contribution >= 4 is 16.5 Å². The van der Waals surface area contributed by atoms with Crippen molar-refractivity contribution in [3.8, 4) is 0 Å². The van der Waals surface area contributed by atoms with Gasteiger partial charge in [-0.3, -0.25) is 4.21 Å². The van der Waals surface area contributed by atoms with Crippen LogP contribution in [0.4, 0.5) is 10.1 Å². The van der Waals surface area contributed by atoms with Gasteiger partial charge in [0.2, 0.25) is 0 Å². The van der Waals surface area contributed by atoms with E-state index in [1.54, 1.807) is 6.07 Å². The Hall–Kier alpha value is -0.940. The van der Waals surface area contributed by atoms with E-state index in [2.05, 4.69) is 0 Å². The van der Waals surface area contributed by atoms with Gasteiger partial charge >= 0.3 is 0 Å². The van der Waals surface area contributed by atoms with Gasteiger partial charge in [0.25, 0.3) is 0 Å². The topological polar surface area (TPSA) is 52.3 Å². The summed E-state index contributed by atoms with van der Waals surface area (Å²) in [4.78, 5) is 0.444.